The zero-order chi connectivity index (χ0) is 20.1. The van der Waals surface area contributed by atoms with Crippen LogP contribution in [0.4, 0.5) is 0 Å². The number of hydrogen-bond donors (Lipinski definition) is 2. The third kappa shape index (κ3) is 4.52. The van der Waals surface area contributed by atoms with Gasteiger partial charge in [0, 0.05) is 5.56 Å². The van der Waals surface area contributed by atoms with E-state index in [2.05, 4.69) is 10.6 Å². The highest BCUT2D eigenvalue weighted by Crippen LogP contribution is 2.17. The molecule has 0 aliphatic carbocycles. The summed E-state index contributed by atoms with van der Waals surface area (Å²) in [5.74, 6) is -3.36. The van der Waals surface area contributed by atoms with Crippen molar-refractivity contribution in [2.45, 2.75) is 25.8 Å². The first-order chi connectivity index (χ1) is 13.5. The molecule has 6 nitrogen and oxygen atoms in total. The molecule has 2 unspecified atom stereocenters. The quantitative estimate of drug-likeness (QED) is 0.716. The van der Waals surface area contributed by atoms with E-state index in [-0.39, 0.29) is 6.54 Å². The highest BCUT2D eigenvalue weighted by molar-refractivity contribution is 6.25. The van der Waals surface area contributed by atoms with E-state index in [4.69, 9.17) is 0 Å². The molecule has 1 fully saturated rings. The number of carbonyl (C=O) groups is 4. The molecule has 144 valence electrons. The second-order valence-electron chi connectivity index (χ2n) is 6.94. The van der Waals surface area contributed by atoms with Crippen LogP contribution in [0, 0.1) is 12.8 Å². The molecule has 0 saturated carbocycles. The molecule has 1 aliphatic heterocycles. The maximum absolute atomic E-state index is 12.5. The van der Waals surface area contributed by atoms with E-state index in [0.29, 0.717) is 18.4 Å². The van der Waals surface area contributed by atoms with Gasteiger partial charge >= 0.3 is 0 Å². The fraction of sp³-hybridized carbons (Fsp3) is 0.273. The Bertz CT molecular complexity index is 891. The molecular formula is C22H22N2O4. The molecule has 1 aliphatic rings. The molecule has 0 bridgehead atoms. The summed E-state index contributed by atoms with van der Waals surface area (Å²) in [6.07, 6.45) is 1.07. The molecule has 0 radical (unpaired) electrons. The SMILES string of the molecule is Cc1ccc(C(=O)NCC(=O)C2C(=O)NC(CCc3ccccc3)C2=O)cc1. The molecule has 3 rings (SSSR count). The van der Waals surface area contributed by atoms with E-state index in [0.717, 1.165) is 11.1 Å². The molecule has 28 heavy (non-hydrogen) atoms. The van der Waals surface area contributed by atoms with Crippen LogP contribution in [0.5, 0.6) is 0 Å². The minimum atomic E-state index is -1.35. The smallest absolute Gasteiger partial charge is 0.251 e. The number of ketones is 2. The number of nitrogens with one attached hydrogen (secondary N) is 2. The predicted octanol–water partition coefficient (Wildman–Crippen LogP) is 1.61. The van der Waals surface area contributed by atoms with Gasteiger partial charge in [0.25, 0.3) is 5.91 Å². The van der Waals surface area contributed by atoms with Crippen molar-refractivity contribution in [1.29, 1.82) is 0 Å². The molecule has 6 heteroatoms. The number of amides is 2. The van der Waals surface area contributed by atoms with E-state index < -0.39 is 35.3 Å². The van der Waals surface area contributed by atoms with Crippen molar-refractivity contribution in [3.8, 4) is 0 Å². The van der Waals surface area contributed by atoms with Crippen LogP contribution in [0.25, 0.3) is 0 Å². The van der Waals surface area contributed by atoms with Crippen molar-refractivity contribution in [3.05, 3.63) is 71.3 Å². The van der Waals surface area contributed by atoms with Gasteiger partial charge in [-0.2, -0.15) is 0 Å². The molecule has 2 aromatic carbocycles. The van der Waals surface area contributed by atoms with Gasteiger partial charge in [-0.05, 0) is 37.5 Å². The largest absolute Gasteiger partial charge is 0.345 e. The normalized spacial score (nSPS) is 18.6. The average molecular weight is 378 g/mol. The summed E-state index contributed by atoms with van der Waals surface area (Å²) < 4.78 is 0. The van der Waals surface area contributed by atoms with Crippen molar-refractivity contribution < 1.29 is 19.2 Å². The van der Waals surface area contributed by atoms with Gasteiger partial charge in [0.2, 0.25) is 5.91 Å². The van der Waals surface area contributed by atoms with E-state index in [1.807, 2.05) is 37.3 Å². The van der Waals surface area contributed by atoms with E-state index in [9.17, 15) is 19.2 Å². The predicted molar refractivity (Wildman–Crippen MR) is 104 cm³/mol. The average Bonchev–Trinajstić information content (AvgIpc) is 2.99. The van der Waals surface area contributed by atoms with Crippen LogP contribution >= 0.6 is 0 Å². The van der Waals surface area contributed by atoms with Gasteiger partial charge in [0.05, 0.1) is 12.6 Å². The standard InChI is InChI=1S/C22H22N2O4/c1-14-7-10-16(11-8-14)21(27)23-13-18(25)19-20(26)17(24-22(19)28)12-9-15-5-3-2-4-6-15/h2-8,10-11,17,19H,9,12-13H2,1H3,(H,23,27)(H,24,28). The Hall–Kier alpha value is -3.28. The second kappa shape index (κ2) is 8.61. The number of carbonyl (C=O) groups excluding carboxylic acids is 4. The summed E-state index contributed by atoms with van der Waals surface area (Å²) >= 11 is 0. The Balaban J connectivity index is 1.54. The first-order valence-corrected chi connectivity index (χ1v) is 9.21. The van der Waals surface area contributed by atoms with Crippen LogP contribution in [-0.2, 0) is 20.8 Å². The van der Waals surface area contributed by atoms with Crippen LogP contribution in [0.15, 0.2) is 54.6 Å². The topological polar surface area (TPSA) is 92.3 Å². The Morgan fingerprint density at radius 3 is 2.36 bits per heavy atom. The van der Waals surface area contributed by atoms with E-state index >= 15 is 0 Å². The van der Waals surface area contributed by atoms with Gasteiger partial charge in [-0.1, -0.05) is 48.0 Å². The molecule has 0 aromatic heterocycles. The van der Waals surface area contributed by atoms with Crippen molar-refractivity contribution in [2.24, 2.45) is 5.92 Å². The first-order valence-electron chi connectivity index (χ1n) is 9.21. The monoisotopic (exact) mass is 378 g/mol. The summed E-state index contributed by atoms with van der Waals surface area (Å²) in [5, 5.41) is 5.10. The highest BCUT2D eigenvalue weighted by atomic mass is 16.2. The summed E-state index contributed by atoms with van der Waals surface area (Å²) in [4.78, 5) is 49.1. The van der Waals surface area contributed by atoms with Crippen molar-refractivity contribution in [1.82, 2.24) is 10.6 Å². The fourth-order valence-electron chi connectivity index (χ4n) is 3.21. The van der Waals surface area contributed by atoms with Gasteiger partial charge in [-0.3, -0.25) is 19.2 Å². The molecule has 0 spiro atoms. The number of aryl methyl sites for hydroxylation is 2. The van der Waals surface area contributed by atoms with Gasteiger partial charge in [-0.25, -0.2) is 0 Å². The fourth-order valence-corrected chi connectivity index (χ4v) is 3.21. The maximum Gasteiger partial charge on any atom is 0.251 e. The lowest BCUT2D eigenvalue weighted by Gasteiger charge is -2.09. The molecule has 2 N–H and O–H groups in total. The lowest BCUT2D eigenvalue weighted by Crippen LogP contribution is -2.37. The van der Waals surface area contributed by atoms with E-state index in [1.54, 1.807) is 24.3 Å². The molecule has 2 amide bonds. The molecule has 2 atom stereocenters. The van der Waals surface area contributed by atoms with Crippen molar-refractivity contribution >= 4 is 23.4 Å². The van der Waals surface area contributed by atoms with Crippen LogP contribution in [0.1, 0.15) is 27.9 Å². The molecule has 2 aromatic rings. The summed E-state index contributed by atoms with van der Waals surface area (Å²) in [6, 6.07) is 15.9. The van der Waals surface area contributed by atoms with Crippen LogP contribution in [0.2, 0.25) is 0 Å². The van der Waals surface area contributed by atoms with Crippen LogP contribution in [0.3, 0.4) is 0 Å². The zero-order valence-corrected chi connectivity index (χ0v) is 15.6. The summed E-state index contributed by atoms with van der Waals surface area (Å²) in [7, 11) is 0. The minimum Gasteiger partial charge on any atom is -0.345 e. The second-order valence-corrected chi connectivity index (χ2v) is 6.94. The first kappa shape index (κ1) is 19.5. The maximum atomic E-state index is 12.5. The minimum absolute atomic E-state index is 0.359. The number of Topliss-reactive ketones (excluding diaryl/α,β-unsaturated/α-hetero) is 2. The number of hydrogen-bond acceptors (Lipinski definition) is 4. The Kier molecular flexibility index (Phi) is 5.99. The van der Waals surface area contributed by atoms with Gasteiger partial charge in [0.1, 0.15) is 0 Å². The van der Waals surface area contributed by atoms with Gasteiger partial charge in [-0.15, -0.1) is 0 Å². The molecule has 1 heterocycles. The molecular weight excluding hydrogens is 356 g/mol. The lowest BCUT2D eigenvalue weighted by molar-refractivity contribution is -0.136. The highest BCUT2D eigenvalue weighted by Gasteiger charge is 2.44. The lowest BCUT2D eigenvalue weighted by atomic mass is 9.95. The third-order valence-corrected chi connectivity index (χ3v) is 4.83. The summed E-state index contributed by atoms with van der Waals surface area (Å²) in [5.41, 5.74) is 2.49. The Morgan fingerprint density at radius 1 is 1.00 bits per heavy atom. The molecule has 1 saturated heterocycles. The van der Waals surface area contributed by atoms with E-state index in [1.165, 1.54) is 0 Å². The summed E-state index contributed by atoms with van der Waals surface area (Å²) in [6.45, 7) is 1.55. The van der Waals surface area contributed by atoms with Crippen molar-refractivity contribution in [2.75, 3.05) is 6.54 Å². The number of rotatable bonds is 7. The van der Waals surface area contributed by atoms with Crippen molar-refractivity contribution in [3.63, 3.8) is 0 Å². The number of benzene rings is 2. The van der Waals surface area contributed by atoms with Crippen LogP contribution < -0.4 is 10.6 Å². The Labute approximate surface area is 163 Å². The third-order valence-electron chi connectivity index (χ3n) is 4.83. The zero-order valence-electron chi connectivity index (χ0n) is 15.6. The van der Waals surface area contributed by atoms with Gasteiger partial charge in [0.15, 0.2) is 17.5 Å². The Morgan fingerprint density at radius 2 is 1.68 bits per heavy atom. The van der Waals surface area contributed by atoms with Gasteiger partial charge < -0.3 is 10.6 Å². The van der Waals surface area contributed by atoms with Crippen LogP contribution in [-0.4, -0.2) is 36.0 Å².